The van der Waals surface area contributed by atoms with Gasteiger partial charge >= 0.3 is 0 Å². The maximum Gasteiger partial charge on any atom is 0.225 e. The van der Waals surface area contributed by atoms with Gasteiger partial charge in [0.05, 0.1) is 12.6 Å². The van der Waals surface area contributed by atoms with Crippen molar-refractivity contribution in [3.05, 3.63) is 35.9 Å². The van der Waals surface area contributed by atoms with Crippen LogP contribution in [0.3, 0.4) is 0 Å². The summed E-state index contributed by atoms with van der Waals surface area (Å²) in [7, 11) is 0. The Morgan fingerprint density at radius 3 is 2.84 bits per heavy atom. The number of benzene rings is 1. The molecule has 1 aromatic rings. The van der Waals surface area contributed by atoms with Crippen LogP contribution in [0.5, 0.6) is 0 Å². The standard InChI is InChI=1S/C16H21NO2/c1-2-16-11-7-6-10-15(18)17(16)14(12-19-16)13-8-4-3-5-9-13/h3-5,8-9,14H,2,6-7,10-12H2,1H3/t14-,16+/m0/s1. The van der Waals surface area contributed by atoms with Crippen LogP contribution < -0.4 is 0 Å². The van der Waals surface area contributed by atoms with Gasteiger partial charge in [-0.05, 0) is 31.2 Å². The van der Waals surface area contributed by atoms with Gasteiger partial charge in [0.2, 0.25) is 5.91 Å². The van der Waals surface area contributed by atoms with Crippen molar-refractivity contribution < 1.29 is 9.53 Å². The number of hydrogen-bond donors (Lipinski definition) is 0. The third kappa shape index (κ3) is 2.06. The number of amides is 1. The van der Waals surface area contributed by atoms with E-state index in [4.69, 9.17) is 4.74 Å². The highest BCUT2D eigenvalue weighted by molar-refractivity contribution is 5.78. The maximum absolute atomic E-state index is 12.5. The lowest BCUT2D eigenvalue weighted by Crippen LogP contribution is -2.47. The minimum absolute atomic E-state index is 0.0896. The van der Waals surface area contributed by atoms with Crippen molar-refractivity contribution in [2.45, 2.75) is 50.8 Å². The van der Waals surface area contributed by atoms with Gasteiger partial charge in [0.1, 0.15) is 5.72 Å². The smallest absolute Gasteiger partial charge is 0.225 e. The monoisotopic (exact) mass is 259 g/mol. The van der Waals surface area contributed by atoms with E-state index in [2.05, 4.69) is 19.1 Å². The molecule has 1 aromatic carbocycles. The molecule has 2 heterocycles. The molecule has 0 bridgehead atoms. The van der Waals surface area contributed by atoms with Crippen LogP contribution in [0.15, 0.2) is 30.3 Å². The van der Waals surface area contributed by atoms with Gasteiger partial charge < -0.3 is 9.64 Å². The van der Waals surface area contributed by atoms with E-state index in [9.17, 15) is 4.79 Å². The number of hydrogen-bond acceptors (Lipinski definition) is 2. The van der Waals surface area contributed by atoms with Gasteiger partial charge in [0.15, 0.2) is 0 Å². The molecule has 0 radical (unpaired) electrons. The molecule has 1 amide bonds. The number of nitrogens with zero attached hydrogens (tertiary/aromatic N) is 1. The SMILES string of the molecule is CC[C@@]12CCCCC(=O)N1[C@H](c1ccccc1)CO2. The van der Waals surface area contributed by atoms with Gasteiger partial charge in [-0.3, -0.25) is 4.79 Å². The number of rotatable bonds is 2. The lowest BCUT2D eigenvalue weighted by atomic mass is 10.0. The van der Waals surface area contributed by atoms with E-state index in [1.807, 2.05) is 23.1 Å². The first kappa shape index (κ1) is 12.7. The minimum Gasteiger partial charge on any atom is -0.353 e. The average Bonchev–Trinajstić information content (AvgIpc) is 2.77. The molecule has 0 saturated carbocycles. The van der Waals surface area contributed by atoms with Crippen LogP contribution in [-0.2, 0) is 9.53 Å². The molecule has 2 aliphatic rings. The minimum atomic E-state index is -0.353. The van der Waals surface area contributed by atoms with Crippen molar-refractivity contribution in [1.29, 1.82) is 0 Å². The molecule has 2 aliphatic heterocycles. The number of carbonyl (C=O) groups is 1. The van der Waals surface area contributed by atoms with Crippen LogP contribution in [0.4, 0.5) is 0 Å². The summed E-state index contributed by atoms with van der Waals surface area (Å²) in [4.78, 5) is 14.5. The number of carbonyl (C=O) groups excluding carboxylic acids is 1. The quantitative estimate of drug-likeness (QED) is 0.815. The van der Waals surface area contributed by atoms with E-state index in [-0.39, 0.29) is 17.7 Å². The summed E-state index contributed by atoms with van der Waals surface area (Å²) in [5.41, 5.74) is 0.835. The second kappa shape index (κ2) is 4.97. The molecule has 2 atom stereocenters. The summed E-state index contributed by atoms with van der Waals surface area (Å²) >= 11 is 0. The Hall–Kier alpha value is -1.35. The van der Waals surface area contributed by atoms with Crippen molar-refractivity contribution in [2.75, 3.05) is 6.61 Å². The summed E-state index contributed by atoms with van der Waals surface area (Å²) in [6.07, 6.45) is 4.58. The summed E-state index contributed by atoms with van der Waals surface area (Å²) < 4.78 is 6.12. The second-order valence-corrected chi connectivity index (χ2v) is 5.51. The first-order valence-electron chi connectivity index (χ1n) is 7.28. The Labute approximate surface area is 114 Å². The predicted molar refractivity (Wildman–Crippen MR) is 73.5 cm³/mol. The van der Waals surface area contributed by atoms with Gasteiger partial charge in [-0.1, -0.05) is 37.3 Å². The van der Waals surface area contributed by atoms with Crippen molar-refractivity contribution >= 4 is 5.91 Å². The second-order valence-electron chi connectivity index (χ2n) is 5.51. The number of ether oxygens (including phenoxy) is 1. The number of fused-ring (bicyclic) bond motifs is 1. The lowest BCUT2D eigenvalue weighted by molar-refractivity contribution is -0.151. The molecule has 3 rings (SSSR count). The van der Waals surface area contributed by atoms with E-state index >= 15 is 0 Å². The molecule has 0 unspecified atom stereocenters. The molecule has 0 N–H and O–H groups in total. The van der Waals surface area contributed by atoms with Gasteiger partial charge in [-0.15, -0.1) is 0 Å². The van der Waals surface area contributed by atoms with Crippen molar-refractivity contribution in [2.24, 2.45) is 0 Å². The van der Waals surface area contributed by atoms with Gasteiger partial charge in [-0.2, -0.15) is 0 Å². The first-order valence-corrected chi connectivity index (χ1v) is 7.28. The first-order chi connectivity index (χ1) is 9.27. The normalized spacial score (nSPS) is 31.1. The average molecular weight is 259 g/mol. The largest absolute Gasteiger partial charge is 0.353 e. The Morgan fingerprint density at radius 2 is 2.11 bits per heavy atom. The van der Waals surface area contributed by atoms with Gasteiger partial charge in [0, 0.05) is 6.42 Å². The molecule has 3 nitrogen and oxygen atoms in total. The predicted octanol–water partition coefficient (Wildman–Crippen LogP) is 3.27. The van der Waals surface area contributed by atoms with Crippen LogP contribution >= 0.6 is 0 Å². The van der Waals surface area contributed by atoms with E-state index < -0.39 is 0 Å². The Balaban J connectivity index is 1.98. The molecule has 0 spiro atoms. The van der Waals surface area contributed by atoms with E-state index in [1.165, 1.54) is 5.56 Å². The summed E-state index contributed by atoms with van der Waals surface area (Å²) in [5, 5.41) is 0. The Morgan fingerprint density at radius 1 is 1.32 bits per heavy atom. The molecular formula is C16H21NO2. The zero-order chi connectivity index (χ0) is 13.3. The molecule has 0 aliphatic carbocycles. The zero-order valence-electron chi connectivity index (χ0n) is 11.5. The highest BCUT2D eigenvalue weighted by Crippen LogP contribution is 2.44. The third-order valence-electron chi connectivity index (χ3n) is 4.47. The van der Waals surface area contributed by atoms with Gasteiger partial charge in [-0.25, -0.2) is 0 Å². The van der Waals surface area contributed by atoms with Crippen molar-refractivity contribution in [3.8, 4) is 0 Å². The lowest BCUT2D eigenvalue weighted by Gasteiger charge is -2.37. The molecular weight excluding hydrogens is 238 g/mol. The fourth-order valence-electron chi connectivity index (χ4n) is 3.42. The van der Waals surface area contributed by atoms with Crippen LogP contribution in [0.1, 0.15) is 50.6 Å². The highest BCUT2D eigenvalue weighted by atomic mass is 16.5. The molecule has 2 saturated heterocycles. The topological polar surface area (TPSA) is 29.5 Å². The third-order valence-corrected chi connectivity index (χ3v) is 4.47. The Kier molecular flexibility index (Phi) is 3.31. The summed E-state index contributed by atoms with van der Waals surface area (Å²) in [6.45, 7) is 2.75. The van der Waals surface area contributed by atoms with Crippen molar-refractivity contribution in [3.63, 3.8) is 0 Å². The summed E-state index contributed by atoms with van der Waals surface area (Å²) in [5.74, 6) is 0.255. The van der Waals surface area contributed by atoms with Crippen LogP contribution in [0.25, 0.3) is 0 Å². The maximum atomic E-state index is 12.5. The molecule has 2 fully saturated rings. The zero-order valence-corrected chi connectivity index (χ0v) is 11.5. The van der Waals surface area contributed by atoms with E-state index in [0.717, 1.165) is 25.7 Å². The van der Waals surface area contributed by atoms with Gasteiger partial charge in [0.25, 0.3) is 0 Å². The van der Waals surface area contributed by atoms with Crippen LogP contribution in [0, 0.1) is 0 Å². The molecule has 0 aromatic heterocycles. The fourth-order valence-corrected chi connectivity index (χ4v) is 3.42. The molecule has 102 valence electrons. The van der Waals surface area contributed by atoms with Crippen LogP contribution in [-0.4, -0.2) is 23.1 Å². The highest BCUT2D eigenvalue weighted by Gasteiger charge is 2.49. The summed E-state index contributed by atoms with van der Waals surface area (Å²) in [6, 6.07) is 10.4. The van der Waals surface area contributed by atoms with E-state index in [0.29, 0.717) is 13.0 Å². The Bertz CT molecular complexity index is 459. The molecule has 3 heteroatoms. The van der Waals surface area contributed by atoms with E-state index in [1.54, 1.807) is 0 Å². The fraction of sp³-hybridized carbons (Fsp3) is 0.562. The van der Waals surface area contributed by atoms with Crippen LogP contribution in [0.2, 0.25) is 0 Å². The molecule has 19 heavy (non-hydrogen) atoms. The van der Waals surface area contributed by atoms with Crippen molar-refractivity contribution in [1.82, 2.24) is 4.90 Å².